The number of amides is 2. The van der Waals surface area contributed by atoms with E-state index in [9.17, 15) is 9.59 Å². The number of rotatable bonds is 5. The summed E-state index contributed by atoms with van der Waals surface area (Å²) in [7, 11) is 0. The molecule has 2 N–H and O–H groups in total. The topological polar surface area (TPSA) is 71.1 Å². The quantitative estimate of drug-likeness (QED) is 0.866. The Labute approximate surface area is 135 Å². The van der Waals surface area contributed by atoms with E-state index >= 15 is 0 Å². The van der Waals surface area contributed by atoms with Crippen LogP contribution in [0.4, 0.5) is 10.8 Å². The Morgan fingerprint density at radius 3 is 2.52 bits per heavy atom. The van der Waals surface area contributed by atoms with Gasteiger partial charge in [0.2, 0.25) is 11.8 Å². The minimum Gasteiger partial charge on any atom is -0.325 e. The fraction of sp³-hybridized carbons (Fsp3) is 0.154. The summed E-state index contributed by atoms with van der Waals surface area (Å²) in [5, 5.41) is 8.12. The summed E-state index contributed by atoms with van der Waals surface area (Å²) in [5.41, 5.74) is 0.425. The molecule has 8 heteroatoms. The normalized spacial score (nSPS) is 10.2. The fourth-order valence-corrected chi connectivity index (χ4v) is 2.40. The van der Waals surface area contributed by atoms with Crippen molar-refractivity contribution in [2.24, 2.45) is 0 Å². The average molecular weight is 344 g/mol. The number of nitrogens with zero attached hydrogens (tertiary/aromatic N) is 1. The maximum atomic E-state index is 11.8. The van der Waals surface area contributed by atoms with E-state index in [4.69, 9.17) is 23.2 Å². The molecule has 0 radical (unpaired) electrons. The summed E-state index contributed by atoms with van der Waals surface area (Å²) in [6.07, 6.45) is 1.69. The van der Waals surface area contributed by atoms with Crippen LogP contribution in [-0.4, -0.2) is 16.8 Å². The van der Waals surface area contributed by atoms with Gasteiger partial charge >= 0.3 is 0 Å². The van der Waals surface area contributed by atoms with Crippen molar-refractivity contribution in [3.8, 4) is 0 Å². The van der Waals surface area contributed by atoms with Gasteiger partial charge in [-0.15, -0.1) is 11.3 Å². The van der Waals surface area contributed by atoms with Gasteiger partial charge in [0.05, 0.1) is 15.7 Å². The standard InChI is InChI=1S/C13H11Cl2N3O2S/c14-8-2-1-3-9(12(8)15)17-10(19)4-5-11(20)18-13-16-6-7-21-13/h1-3,6-7H,4-5H2,(H,17,19)(H,16,18,20). The highest BCUT2D eigenvalue weighted by atomic mass is 35.5. The molecule has 0 fully saturated rings. The van der Waals surface area contributed by atoms with Crippen LogP contribution in [0.25, 0.3) is 0 Å². The number of anilines is 2. The van der Waals surface area contributed by atoms with Crippen LogP contribution in [0.15, 0.2) is 29.8 Å². The van der Waals surface area contributed by atoms with E-state index in [1.165, 1.54) is 11.3 Å². The molecule has 0 unspecified atom stereocenters. The molecule has 0 aliphatic carbocycles. The Bertz CT molecular complexity index is 647. The lowest BCUT2D eigenvalue weighted by atomic mass is 10.2. The number of hydrogen-bond donors (Lipinski definition) is 2. The lowest BCUT2D eigenvalue weighted by Gasteiger charge is -2.08. The summed E-state index contributed by atoms with van der Waals surface area (Å²) in [6, 6.07) is 4.95. The summed E-state index contributed by atoms with van der Waals surface area (Å²) < 4.78 is 0. The number of nitrogens with one attached hydrogen (secondary N) is 2. The third kappa shape index (κ3) is 4.70. The SMILES string of the molecule is O=C(CCC(=O)Nc1cccc(Cl)c1Cl)Nc1nccs1. The van der Waals surface area contributed by atoms with Crippen LogP contribution < -0.4 is 10.6 Å². The summed E-state index contributed by atoms with van der Waals surface area (Å²) in [5.74, 6) is -0.578. The lowest BCUT2D eigenvalue weighted by Crippen LogP contribution is -2.17. The van der Waals surface area contributed by atoms with Gasteiger partial charge in [0.25, 0.3) is 0 Å². The highest BCUT2D eigenvalue weighted by Crippen LogP contribution is 2.29. The van der Waals surface area contributed by atoms with Gasteiger partial charge in [-0.25, -0.2) is 4.98 Å². The second kappa shape index (κ2) is 7.40. The fourth-order valence-electron chi connectivity index (χ4n) is 1.51. The molecule has 1 heterocycles. The maximum absolute atomic E-state index is 11.8. The molecule has 0 spiro atoms. The Morgan fingerprint density at radius 2 is 1.86 bits per heavy atom. The molecule has 0 aliphatic rings. The van der Waals surface area contributed by atoms with Crippen LogP contribution in [-0.2, 0) is 9.59 Å². The second-order valence-electron chi connectivity index (χ2n) is 4.03. The van der Waals surface area contributed by atoms with Crippen molar-refractivity contribution in [3.05, 3.63) is 39.8 Å². The number of hydrogen-bond acceptors (Lipinski definition) is 4. The van der Waals surface area contributed by atoms with Crippen molar-refractivity contribution < 1.29 is 9.59 Å². The molecule has 2 aromatic rings. The molecule has 1 aromatic carbocycles. The van der Waals surface area contributed by atoms with Crippen LogP contribution in [0.3, 0.4) is 0 Å². The number of aromatic nitrogens is 1. The van der Waals surface area contributed by atoms with Crippen molar-refractivity contribution in [2.45, 2.75) is 12.8 Å². The number of halogens is 2. The van der Waals surface area contributed by atoms with Crippen LogP contribution >= 0.6 is 34.5 Å². The molecule has 5 nitrogen and oxygen atoms in total. The summed E-state index contributed by atoms with van der Waals surface area (Å²) >= 11 is 13.1. The molecule has 0 bridgehead atoms. The van der Waals surface area contributed by atoms with Gasteiger partial charge < -0.3 is 10.6 Å². The Hall–Kier alpha value is -1.63. The Morgan fingerprint density at radius 1 is 1.14 bits per heavy atom. The van der Waals surface area contributed by atoms with Crippen LogP contribution in [0.5, 0.6) is 0 Å². The van der Waals surface area contributed by atoms with Gasteiger partial charge in [-0.3, -0.25) is 9.59 Å². The first kappa shape index (κ1) is 15.8. The largest absolute Gasteiger partial charge is 0.325 e. The highest BCUT2D eigenvalue weighted by molar-refractivity contribution is 7.13. The van der Waals surface area contributed by atoms with Crippen LogP contribution in [0, 0.1) is 0 Å². The molecular weight excluding hydrogens is 333 g/mol. The maximum Gasteiger partial charge on any atom is 0.226 e. The predicted molar refractivity (Wildman–Crippen MR) is 85.1 cm³/mol. The van der Waals surface area contributed by atoms with Crippen LogP contribution in [0.1, 0.15) is 12.8 Å². The van der Waals surface area contributed by atoms with Gasteiger partial charge in [0.1, 0.15) is 0 Å². The van der Waals surface area contributed by atoms with E-state index in [0.29, 0.717) is 15.8 Å². The van der Waals surface area contributed by atoms with Gasteiger partial charge in [-0.2, -0.15) is 0 Å². The van der Waals surface area contributed by atoms with Gasteiger partial charge in [0.15, 0.2) is 5.13 Å². The molecule has 0 saturated carbocycles. The average Bonchev–Trinajstić information content (AvgIpc) is 2.94. The zero-order chi connectivity index (χ0) is 15.2. The molecule has 2 rings (SSSR count). The third-order valence-corrected chi connectivity index (χ3v) is 3.99. The van der Waals surface area contributed by atoms with E-state index in [2.05, 4.69) is 15.6 Å². The minimum absolute atomic E-state index is 0.0417. The predicted octanol–water partition coefficient (Wildman–Crippen LogP) is 3.81. The molecule has 1 aromatic heterocycles. The van der Waals surface area contributed by atoms with E-state index in [1.807, 2.05) is 0 Å². The first-order valence-corrected chi connectivity index (χ1v) is 7.63. The molecule has 0 atom stereocenters. The van der Waals surface area contributed by atoms with Gasteiger partial charge in [0, 0.05) is 24.4 Å². The number of thiazole rings is 1. The minimum atomic E-state index is -0.312. The van der Waals surface area contributed by atoms with Crippen molar-refractivity contribution in [1.29, 1.82) is 0 Å². The van der Waals surface area contributed by atoms with Gasteiger partial charge in [-0.05, 0) is 12.1 Å². The molecule has 110 valence electrons. The van der Waals surface area contributed by atoms with E-state index < -0.39 is 0 Å². The lowest BCUT2D eigenvalue weighted by molar-refractivity contribution is -0.121. The molecule has 2 amide bonds. The summed E-state index contributed by atoms with van der Waals surface area (Å²) in [4.78, 5) is 27.3. The molecular formula is C13H11Cl2N3O2S. The Balaban J connectivity index is 1.82. The van der Waals surface area contributed by atoms with Crippen molar-refractivity contribution in [2.75, 3.05) is 10.6 Å². The van der Waals surface area contributed by atoms with Crippen molar-refractivity contribution in [3.63, 3.8) is 0 Å². The zero-order valence-corrected chi connectivity index (χ0v) is 13.1. The third-order valence-electron chi connectivity index (χ3n) is 2.48. The first-order valence-electron chi connectivity index (χ1n) is 5.99. The molecule has 0 saturated heterocycles. The van der Waals surface area contributed by atoms with E-state index in [-0.39, 0.29) is 29.7 Å². The zero-order valence-electron chi connectivity index (χ0n) is 10.7. The van der Waals surface area contributed by atoms with Gasteiger partial charge in [-0.1, -0.05) is 29.3 Å². The van der Waals surface area contributed by atoms with E-state index in [0.717, 1.165) is 0 Å². The molecule has 21 heavy (non-hydrogen) atoms. The monoisotopic (exact) mass is 343 g/mol. The number of carbonyl (C=O) groups is 2. The highest BCUT2D eigenvalue weighted by Gasteiger charge is 2.11. The second-order valence-corrected chi connectivity index (χ2v) is 5.71. The smallest absolute Gasteiger partial charge is 0.226 e. The van der Waals surface area contributed by atoms with Crippen LogP contribution in [0.2, 0.25) is 10.0 Å². The van der Waals surface area contributed by atoms with Crippen molar-refractivity contribution in [1.82, 2.24) is 4.98 Å². The number of carbonyl (C=O) groups excluding carboxylic acids is 2. The van der Waals surface area contributed by atoms with Crippen molar-refractivity contribution >= 4 is 57.2 Å². The van der Waals surface area contributed by atoms with E-state index in [1.54, 1.807) is 29.8 Å². The summed E-state index contributed by atoms with van der Waals surface area (Å²) in [6.45, 7) is 0. The first-order chi connectivity index (χ1) is 10.1. The Kier molecular flexibility index (Phi) is 5.55. The number of benzene rings is 1. The molecule has 0 aliphatic heterocycles.